The molecule has 0 radical (unpaired) electrons. The number of hydrogen-bond donors (Lipinski definition) is 0. The van der Waals surface area contributed by atoms with E-state index in [4.69, 9.17) is 5.26 Å². The first-order valence-corrected chi connectivity index (χ1v) is 3.98. The molecule has 0 unspecified atom stereocenters. The Hall–Kier alpha value is -1.14. The zero-order valence-corrected chi connectivity index (χ0v) is 7.73. The van der Waals surface area contributed by atoms with Gasteiger partial charge in [-0.15, -0.1) is 0 Å². The van der Waals surface area contributed by atoms with Crippen LogP contribution < -0.4 is 0 Å². The first-order chi connectivity index (χ1) is 5.63. The number of rotatable bonds is 1. The predicted octanol–water partition coefficient (Wildman–Crippen LogP) is 3.12. The molecule has 0 fully saturated rings. The Morgan fingerprint density at radius 2 is 2.17 bits per heavy atom. The molecule has 1 nitrogen and oxygen atoms in total. The zero-order valence-electron chi connectivity index (χ0n) is 6.14. The van der Waals surface area contributed by atoms with Crippen molar-refractivity contribution in [2.45, 2.75) is 0 Å². The van der Waals surface area contributed by atoms with Crippen molar-refractivity contribution in [3.8, 4) is 6.07 Å². The summed E-state index contributed by atoms with van der Waals surface area (Å²) in [6.45, 7) is 3.48. The SMILES string of the molecule is C=C(C#N)c1cc(F)cc(Br)c1. The van der Waals surface area contributed by atoms with E-state index in [0.29, 0.717) is 10.0 Å². The van der Waals surface area contributed by atoms with Gasteiger partial charge in [-0.05, 0) is 23.8 Å². The number of hydrogen-bond acceptors (Lipinski definition) is 1. The molecule has 1 aromatic rings. The molecule has 3 heteroatoms. The summed E-state index contributed by atoms with van der Waals surface area (Å²) in [6, 6.07) is 6.10. The van der Waals surface area contributed by atoms with Crippen molar-refractivity contribution in [2.24, 2.45) is 0 Å². The summed E-state index contributed by atoms with van der Waals surface area (Å²) in [6.07, 6.45) is 0. The normalized spacial score (nSPS) is 9.08. The third-order valence-electron chi connectivity index (χ3n) is 1.35. The number of nitriles is 1. The first-order valence-electron chi connectivity index (χ1n) is 3.19. The van der Waals surface area contributed by atoms with Crippen molar-refractivity contribution in [3.05, 3.63) is 40.6 Å². The minimum absolute atomic E-state index is 0.259. The van der Waals surface area contributed by atoms with Gasteiger partial charge in [0, 0.05) is 4.47 Å². The molecular weight excluding hydrogens is 221 g/mol. The first kappa shape index (κ1) is 8.95. The Morgan fingerprint density at radius 3 is 2.67 bits per heavy atom. The molecule has 0 N–H and O–H groups in total. The smallest absolute Gasteiger partial charge is 0.124 e. The van der Waals surface area contributed by atoms with Gasteiger partial charge in [-0.25, -0.2) is 4.39 Å². The standard InChI is InChI=1S/C9H5BrFN/c1-6(5-12)7-2-8(10)4-9(11)3-7/h2-4H,1H2. The third kappa shape index (κ3) is 1.93. The molecule has 0 aliphatic carbocycles. The number of nitrogens with zero attached hydrogens (tertiary/aromatic N) is 1. The Kier molecular flexibility index (Phi) is 2.61. The largest absolute Gasteiger partial charge is 0.207 e. The van der Waals surface area contributed by atoms with Crippen LogP contribution in [0.15, 0.2) is 29.3 Å². The van der Waals surface area contributed by atoms with Crippen molar-refractivity contribution < 1.29 is 4.39 Å². The Bertz CT molecular complexity index is 345. The monoisotopic (exact) mass is 225 g/mol. The van der Waals surface area contributed by atoms with Crippen LogP contribution in [0.4, 0.5) is 4.39 Å². The molecule has 0 saturated heterocycles. The summed E-state index contributed by atoms with van der Waals surface area (Å²) >= 11 is 3.12. The van der Waals surface area contributed by atoms with E-state index >= 15 is 0 Å². The third-order valence-corrected chi connectivity index (χ3v) is 1.80. The van der Waals surface area contributed by atoms with Gasteiger partial charge in [-0.2, -0.15) is 5.26 Å². The average Bonchev–Trinajstić information content (AvgIpc) is 2.01. The summed E-state index contributed by atoms with van der Waals surface area (Å²) < 4.78 is 13.3. The summed E-state index contributed by atoms with van der Waals surface area (Å²) in [5.74, 6) is -0.379. The number of allylic oxidation sites excluding steroid dienone is 1. The van der Waals surface area contributed by atoms with Gasteiger partial charge in [-0.3, -0.25) is 0 Å². The van der Waals surface area contributed by atoms with Gasteiger partial charge in [0.1, 0.15) is 5.82 Å². The van der Waals surface area contributed by atoms with Crippen LogP contribution in [0.1, 0.15) is 5.56 Å². The number of benzene rings is 1. The van der Waals surface area contributed by atoms with E-state index in [-0.39, 0.29) is 11.4 Å². The van der Waals surface area contributed by atoms with E-state index in [2.05, 4.69) is 22.5 Å². The highest BCUT2D eigenvalue weighted by molar-refractivity contribution is 9.10. The molecule has 0 saturated carbocycles. The van der Waals surface area contributed by atoms with Crippen LogP contribution in [0.2, 0.25) is 0 Å². The molecule has 0 aromatic heterocycles. The van der Waals surface area contributed by atoms with E-state index in [0.717, 1.165) is 0 Å². The fourth-order valence-corrected chi connectivity index (χ4v) is 1.26. The van der Waals surface area contributed by atoms with Gasteiger partial charge in [0.15, 0.2) is 0 Å². The van der Waals surface area contributed by atoms with Crippen molar-refractivity contribution >= 4 is 21.5 Å². The fourth-order valence-electron chi connectivity index (χ4n) is 0.793. The van der Waals surface area contributed by atoms with Gasteiger partial charge >= 0.3 is 0 Å². The molecule has 0 heterocycles. The average molecular weight is 226 g/mol. The lowest BCUT2D eigenvalue weighted by Gasteiger charge is -1.98. The molecule has 0 spiro atoms. The second kappa shape index (κ2) is 3.51. The van der Waals surface area contributed by atoms with Crippen molar-refractivity contribution in [2.75, 3.05) is 0 Å². The van der Waals surface area contributed by atoms with Gasteiger partial charge in [0.05, 0.1) is 11.6 Å². The quantitative estimate of drug-likeness (QED) is 0.675. The lowest BCUT2D eigenvalue weighted by atomic mass is 10.1. The minimum Gasteiger partial charge on any atom is -0.207 e. The molecule has 0 aliphatic rings. The van der Waals surface area contributed by atoms with Crippen LogP contribution >= 0.6 is 15.9 Å². The maximum absolute atomic E-state index is 12.7. The molecule has 1 rings (SSSR count). The molecule has 0 bridgehead atoms. The molecule has 12 heavy (non-hydrogen) atoms. The second-order valence-corrected chi connectivity index (χ2v) is 3.16. The Balaban J connectivity index is 3.19. The molecule has 1 aromatic carbocycles. The summed E-state index contributed by atoms with van der Waals surface area (Å²) in [7, 11) is 0. The highest BCUT2D eigenvalue weighted by Gasteiger charge is 2.01. The molecule has 60 valence electrons. The van der Waals surface area contributed by atoms with Crippen LogP contribution in [0.5, 0.6) is 0 Å². The highest BCUT2D eigenvalue weighted by Crippen LogP contribution is 2.19. The van der Waals surface area contributed by atoms with Crippen molar-refractivity contribution in [1.82, 2.24) is 0 Å². The van der Waals surface area contributed by atoms with Crippen LogP contribution in [0, 0.1) is 17.1 Å². The van der Waals surface area contributed by atoms with Crippen LogP contribution in [-0.4, -0.2) is 0 Å². The lowest BCUT2D eigenvalue weighted by Crippen LogP contribution is -1.82. The maximum atomic E-state index is 12.7. The highest BCUT2D eigenvalue weighted by atomic mass is 79.9. The van der Waals surface area contributed by atoms with Crippen molar-refractivity contribution in [3.63, 3.8) is 0 Å². The Labute approximate surface area is 78.3 Å². The van der Waals surface area contributed by atoms with Crippen LogP contribution in [0.25, 0.3) is 5.57 Å². The second-order valence-electron chi connectivity index (χ2n) is 2.25. The van der Waals surface area contributed by atoms with Crippen molar-refractivity contribution in [1.29, 1.82) is 5.26 Å². The predicted molar refractivity (Wildman–Crippen MR) is 48.7 cm³/mol. The molecule has 0 amide bonds. The van der Waals surface area contributed by atoms with E-state index in [9.17, 15) is 4.39 Å². The van der Waals surface area contributed by atoms with Gasteiger partial charge < -0.3 is 0 Å². The molecule has 0 atom stereocenters. The number of halogens is 2. The lowest BCUT2D eigenvalue weighted by molar-refractivity contribution is 0.626. The summed E-state index contributed by atoms with van der Waals surface area (Å²) in [5, 5.41) is 8.48. The molecular formula is C9H5BrFN. The minimum atomic E-state index is -0.379. The topological polar surface area (TPSA) is 23.8 Å². The summed E-state index contributed by atoms with van der Waals surface area (Å²) in [4.78, 5) is 0. The molecule has 0 aliphatic heterocycles. The van der Waals surface area contributed by atoms with Crippen LogP contribution in [-0.2, 0) is 0 Å². The summed E-state index contributed by atoms with van der Waals surface area (Å²) in [5.41, 5.74) is 0.763. The van der Waals surface area contributed by atoms with Gasteiger partial charge in [0.2, 0.25) is 0 Å². The van der Waals surface area contributed by atoms with Crippen LogP contribution in [0.3, 0.4) is 0 Å². The van der Waals surface area contributed by atoms with E-state index in [1.807, 2.05) is 6.07 Å². The maximum Gasteiger partial charge on any atom is 0.124 e. The Morgan fingerprint density at radius 1 is 1.50 bits per heavy atom. The van der Waals surface area contributed by atoms with E-state index < -0.39 is 0 Å². The van der Waals surface area contributed by atoms with E-state index in [1.165, 1.54) is 12.1 Å². The van der Waals surface area contributed by atoms with Gasteiger partial charge in [-0.1, -0.05) is 22.5 Å². The van der Waals surface area contributed by atoms with E-state index in [1.54, 1.807) is 6.07 Å². The zero-order chi connectivity index (χ0) is 9.14. The fraction of sp³-hybridized carbons (Fsp3) is 0. The van der Waals surface area contributed by atoms with Gasteiger partial charge in [0.25, 0.3) is 0 Å².